The maximum Gasteiger partial charge on any atom is 0.410 e. The molecule has 1 saturated heterocycles. The molecule has 4 nitrogen and oxygen atoms in total. The molecule has 1 amide bonds. The number of fused-ring (bicyclic) bond motifs is 1. The Hall–Kier alpha value is -1.84. The summed E-state index contributed by atoms with van der Waals surface area (Å²) in [5.41, 5.74) is 0.998. The minimum atomic E-state index is -0.235. The van der Waals surface area contributed by atoms with Gasteiger partial charge in [-0.2, -0.15) is 0 Å². The van der Waals surface area contributed by atoms with Gasteiger partial charge in [-0.1, -0.05) is 30.3 Å². The fourth-order valence-electron chi connectivity index (χ4n) is 3.48. The highest BCUT2D eigenvalue weighted by Crippen LogP contribution is 2.34. The predicted molar refractivity (Wildman–Crippen MR) is 78.7 cm³/mol. The minimum absolute atomic E-state index is 0.194. The van der Waals surface area contributed by atoms with Crippen LogP contribution in [0.3, 0.4) is 0 Å². The van der Waals surface area contributed by atoms with E-state index in [1.807, 2.05) is 35.2 Å². The zero-order valence-corrected chi connectivity index (χ0v) is 12.2. The van der Waals surface area contributed by atoms with Crippen molar-refractivity contribution in [2.75, 3.05) is 6.54 Å². The molecule has 2 fully saturated rings. The molecule has 1 saturated carbocycles. The summed E-state index contributed by atoms with van der Waals surface area (Å²) in [6.45, 7) is 1.03. The van der Waals surface area contributed by atoms with Gasteiger partial charge >= 0.3 is 6.09 Å². The maximum atomic E-state index is 12.3. The van der Waals surface area contributed by atoms with Crippen LogP contribution < -0.4 is 0 Å². The molecule has 2 aliphatic rings. The number of rotatable bonds is 2. The fraction of sp³-hybridized carbons (Fsp3) is 0.529. The summed E-state index contributed by atoms with van der Waals surface area (Å²) in [4.78, 5) is 25.8. The van der Waals surface area contributed by atoms with E-state index in [1.54, 1.807) is 0 Å². The van der Waals surface area contributed by atoms with Crippen molar-refractivity contribution in [2.24, 2.45) is 5.92 Å². The molecular weight excluding hydrogens is 266 g/mol. The highest BCUT2D eigenvalue weighted by atomic mass is 16.6. The molecule has 0 spiro atoms. The van der Waals surface area contributed by atoms with Crippen LogP contribution in [0.1, 0.15) is 37.7 Å². The van der Waals surface area contributed by atoms with Crippen LogP contribution in [0.2, 0.25) is 0 Å². The van der Waals surface area contributed by atoms with E-state index < -0.39 is 0 Å². The van der Waals surface area contributed by atoms with Crippen LogP contribution in [0.15, 0.2) is 30.3 Å². The molecular formula is C17H21NO3. The van der Waals surface area contributed by atoms with Crippen LogP contribution in [0.5, 0.6) is 0 Å². The Kier molecular flexibility index (Phi) is 4.23. The first-order chi connectivity index (χ1) is 10.2. The lowest BCUT2D eigenvalue weighted by atomic mass is 9.95. The normalized spacial score (nSPS) is 25.3. The molecule has 2 unspecified atom stereocenters. The molecule has 0 radical (unpaired) electrons. The smallest absolute Gasteiger partial charge is 0.410 e. The van der Waals surface area contributed by atoms with Gasteiger partial charge in [0.1, 0.15) is 12.4 Å². The molecule has 1 aliphatic heterocycles. The van der Waals surface area contributed by atoms with Crippen molar-refractivity contribution < 1.29 is 14.3 Å². The minimum Gasteiger partial charge on any atom is -0.445 e. The molecule has 3 rings (SSSR count). The lowest BCUT2D eigenvalue weighted by Gasteiger charge is -2.26. The van der Waals surface area contributed by atoms with Gasteiger partial charge in [-0.25, -0.2) is 4.79 Å². The third kappa shape index (κ3) is 3.26. The van der Waals surface area contributed by atoms with E-state index in [1.165, 1.54) is 0 Å². The zero-order valence-electron chi connectivity index (χ0n) is 12.2. The summed E-state index contributed by atoms with van der Waals surface area (Å²) in [5.74, 6) is 0.686. The number of ketones is 1. The molecule has 2 atom stereocenters. The highest BCUT2D eigenvalue weighted by Gasteiger charge is 2.39. The molecule has 1 heterocycles. The molecule has 1 aromatic rings. The Bertz CT molecular complexity index is 514. The Morgan fingerprint density at radius 1 is 1.24 bits per heavy atom. The average Bonchev–Trinajstić information content (AvgIpc) is 2.79. The van der Waals surface area contributed by atoms with Crippen molar-refractivity contribution in [1.82, 2.24) is 4.90 Å². The first-order valence-electron chi connectivity index (χ1n) is 7.73. The van der Waals surface area contributed by atoms with Gasteiger partial charge in [-0.05, 0) is 30.7 Å². The van der Waals surface area contributed by atoms with E-state index in [0.29, 0.717) is 31.1 Å². The largest absolute Gasteiger partial charge is 0.445 e. The Morgan fingerprint density at radius 3 is 2.86 bits per heavy atom. The van der Waals surface area contributed by atoms with E-state index in [-0.39, 0.29) is 12.1 Å². The van der Waals surface area contributed by atoms with Gasteiger partial charge in [-0.3, -0.25) is 4.79 Å². The van der Waals surface area contributed by atoms with E-state index in [0.717, 1.165) is 31.4 Å². The summed E-state index contributed by atoms with van der Waals surface area (Å²) in [6.07, 6.45) is 3.81. The van der Waals surface area contributed by atoms with Crippen LogP contribution in [0.4, 0.5) is 4.79 Å². The van der Waals surface area contributed by atoms with Crippen molar-refractivity contribution in [2.45, 2.75) is 44.8 Å². The summed E-state index contributed by atoms with van der Waals surface area (Å²) in [6, 6.07) is 9.91. The maximum absolute atomic E-state index is 12.3. The molecule has 112 valence electrons. The van der Waals surface area contributed by atoms with Crippen molar-refractivity contribution >= 4 is 11.9 Å². The summed E-state index contributed by atoms with van der Waals surface area (Å²) in [7, 11) is 0. The molecule has 4 heteroatoms. The third-order valence-electron chi connectivity index (χ3n) is 4.57. The Balaban J connectivity index is 1.59. The first kappa shape index (κ1) is 14.1. The second-order valence-electron chi connectivity index (χ2n) is 5.98. The number of likely N-dealkylation sites (tertiary alicyclic amines) is 1. The number of hydrogen-bond donors (Lipinski definition) is 0. The quantitative estimate of drug-likeness (QED) is 0.839. The number of carbonyl (C=O) groups is 2. The number of amides is 1. The number of benzene rings is 1. The van der Waals surface area contributed by atoms with Crippen LogP contribution in [-0.2, 0) is 16.1 Å². The Labute approximate surface area is 125 Å². The average molecular weight is 287 g/mol. The monoisotopic (exact) mass is 287 g/mol. The summed E-state index contributed by atoms with van der Waals surface area (Å²) in [5, 5.41) is 0. The molecule has 0 bridgehead atoms. The Morgan fingerprint density at radius 2 is 2.05 bits per heavy atom. The van der Waals surface area contributed by atoms with Crippen LogP contribution in [0.25, 0.3) is 0 Å². The van der Waals surface area contributed by atoms with Crippen molar-refractivity contribution in [3.63, 3.8) is 0 Å². The summed E-state index contributed by atoms with van der Waals surface area (Å²) >= 11 is 0. The zero-order chi connectivity index (χ0) is 14.7. The molecule has 1 aromatic carbocycles. The molecule has 0 aromatic heterocycles. The third-order valence-corrected chi connectivity index (χ3v) is 4.57. The van der Waals surface area contributed by atoms with Gasteiger partial charge in [0, 0.05) is 25.4 Å². The fourth-order valence-corrected chi connectivity index (χ4v) is 3.48. The van der Waals surface area contributed by atoms with Gasteiger partial charge in [0.15, 0.2) is 0 Å². The van der Waals surface area contributed by atoms with E-state index in [9.17, 15) is 9.59 Å². The number of ether oxygens (including phenoxy) is 1. The van der Waals surface area contributed by atoms with Crippen molar-refractivity contribution in [3.8, 4) is 0 Å². The second kappa shape index (κ2) is 6.29. The number of carbonyl (C=O) groups excluding carboxylic acids is 2. The number of Topliss-reactive ketones (excluding diaryl/α,β-unsaturated/α-hetero) is 1. The van der Waals surface area contributed by atoms with Crippen LogP contribution >= 0.6 is 0 Å². The standard InChI is InChI=1S/C17H21NO3/c19-15-7-4-8-16-14(11-15)9-10-18(16)17(20)21-12-13-5-2-1-3-6-13/h1-3,5-6,14,16H,4,7-12H2. The number of hydrogen-bond acceptors (Lipinski definition) is 3. The van der Waals surface area contributed by atoms with Gasteiger partial charge in [0.2, 0.25) is 0 Å². The summed E-state index contributed by atoms with van der Waals surface area (Å²) < 4.78 is 5.43. The first-order valence-corrected chi connectivity index (χ1v) is 7.73. The molecule has 0 N–H and O–H groups in total. The second-order valence-corrected chi connectivity index (χ2v) is 5.98. The van der Waals surface area contributed by atoms with Gasteiger partial charge < -0.3 is 9.64 Å². The lowest BCUT2D eigenvalue weighted by Crippen LogP contribution is -2.38. The molecule has 21 heavy (non-hydrogen) atoms. The topological polar surface area (TPSA) is 46.6 Å². The van der Waals surface area contributed by atoms with Crippen molar-refractivity contribution in [1.29, 1.82) is 0 Å². The van der Waals surface area contributed by atoms with Crippen LogP contribution in [0, 0.1) is 5.92 Å². The number of nitrogens with zero attached hydrogens (tertiary/aromatic N) is 1. The lowest BCUT2D eigenvalue weighted by molar-refractivity contribution is -0.119. The van der Waals surface area contributed by atoms with Crippen LogP contribution in [-0.4, -0.2) is 29.4 Å². The van der Waals surface area contributed by atoms with Gasteiger partial charge in [0.05, 0.1) is 0 Å². The van der Waals surface area contributed by atoms with Gasteiger partial charge in [0.25, 0.3) is 0 Å². The van der Waals surface area contributed by atoms with Gasteiger partial charge in [-0.15, -0.1) is 0 Å². The van der Waals surface area contributed by atoms with E-state index >= 15 is 0 Å². The van der Waals surface area contributed by atoms with E-state index in [2.05, 4.69) is 0 Å². The highest BCUT2D eigenvalue weighted by molar-refractivity contribution is 5.79. The van der Waals surface area contributed by atoms with E-state index in [4.69, 9.17) is 4.74 Å². The SMILES string of the molecule is O=C1CCCC2C(CCN2C(=O)OCc2ccccc2)C1. The predicted octanol–water partition coefficient (Wildman–Crippen LogP) is 3.16. The molecule has 1 aliphatic carbocycles. The van der Waals surface area contributed by atoms with Crippen molar-refractivity contribution in [3.05, 3.63) is 35.9 Å².